The van der Waals surface area contributed by atoms with Crippen molar-refractivity contribution in [1.82, 2.24) is 20.0 Å². The normalized spacial score (nSPS) is 10.4. The molecule has 2 amide bonds. The van der Waals surface area contributed by atoms with Crippen LogP contribution in [-0.2, 0) is 6.54 Å². The number of nitrogens with two attached hydrogens (primary N) is 1. The van der Waals surface area contributed by atoms with Crippen molar-refractivity contribution >= 4 is 17.6 Å². The van der Waals surface area contributed by atoms with Crippen LogP contribution >= 0.6 is 0 Å². The number of aromatic amines is 1. The summed E-state index contributed by atoms with van der Waals surface area (Å²) in [4.78, 5) is 22.9. The summed E-state index contributed by atoms with van der Waals surface area (Å²) in [6.07, 6.45) is 1.66. The van der Waals surface area contributed by atoms with Crippen LogP contribution in [0.15, 0.2) is 12.3 Å². The van der Waals surface area contributed by atoms with Crippen LogP contribution in [0.4, 0.5) is 5.82 Å². The molecule has 2 aromatic heterocycles. The molecule has 0 atom stereocenters. The van der Waals surface area contributed by atoms with E-state index in [1.54, 1.807) is 17.8 Å². The number of carbonyl (C=O) groups is 2. The first kappa shape index (κ1) is 12.8. The minimum absolute atomic E-state index is 0.135. The first-order chi connectivity index (χ1) is 9.01. The minimum Gasteiger partial charge on any atom is -0.364 e. The number of hydrogen-bond acceptors (Lipinski definition) is 4. The van der Waals surface area contributed by atoms with Gasteiger partial charge in [0.1, 0.15) is 5.69 Å². The number of anilines is 1. The molecular weight excluding hydrogens is 248 g/mol. The van der Waals surface area contributed by atoms with Crippen LogP contribution in [0.3, 0.4) is 0 Å². The van der Waals surface area contributed by atoms with E-state index in [0.29, 0.717) is 17.8 Å². The molecule has 0 radical (unpaired) electrons. The van der Waals surface area contributed by atoms with Gasteiger partial charge in [-0.2, -0.15) is 10.2 Å². The highest BCUT2D eigenvalue weighted by Crippen LogP contribution is 2.10. The van der Waals surface area contributed by atoms with Gasteiger partial charge < -0.3 is 11.1 Å². The van der Waals surface area contributed by atoms with E-state index in [4.69, 9.17) is 5.73 Å². The molecule has 2 rings (SSSR count). The summed E-state index contributed by atoms with van der Waals surface area (Å²) in [6, 6.07) is 1.37. The van der Waals surface area contributed by atoms with Crippen LogP contribution in [0.2, 0.25) is 0 Å². The van der Waals surface area contributed by atoms with E-state index in [1.807, 2.05) is 6.92 Å². The van der Waals surface area contributed by atoms with Gasteiger partial charge in [0.15, 0.2) is 5.82 Å². The molecular formula is C11H14N6O2. The first-order valence-corrected chi connectivity index (χ1v) is 5.72. The summed E-state index contributed by atoms with van der Waals surface area (Å²) in [5.74, 6) is -0.731. The smallest absolute Gasteiger partial charge is 0.266 e. The number of nitrogens with zero attached hydrogens (tertiary/aromatic N) is 3. The molecule has 0 aliphatic heterocycles. The minimum atomic E-state index is -0.636. The average molecular weight is 262 g/mol. The molecule has 0 aromatic carbocycles. The Morgan fingerprint density at radius 2 is 2.26 bits per heavy atom. The number of nitrogens with one attached hydrogen (secondary N) is 2. The number of aryl methyl sites for hydroxylation is 2. The lowest BCUT2D eigenvalue weighted by Crippen LogP contribution is -2.13. The van der Waals surface area contributed by atoms with Gasteiger partial charge in [0.2, 0.25) is 0 Å². The van der Waals surface area contributed by atoms with Crippen LogP contribution in [-0.4, -0.2) is 31.8 Å². The molecule has 0 unspecified atom stereocenters. The lowest BCUT2D eigenvalue weighted by Gasteiger charge is -1.98. The maximum absolute atomic E-state index is 12.0. The average Bonchev–Trinajstić information content (AvgIpc) is 2.95. The Kier molecular flexibility index (Phi) is 3.32. The van der Waals surface area contributed by atoms with Crippen molar-refractivity contribution in [1.29, 1.82) is 0 Å². The number of H-pyrrole nitrogens is 1. The molecule has 0 spiro atoms. The Morgan fingerprint density at radius 3 is 2.79 bits per heavy atom. The Bertz CT molecular complexity index is 627. The zero-order valence-corrected chi connectivity index (χ0v) is 10.6. The highest BCUT2D eigenvalue weighted by molar-refractivity contribution is 6.04. The number of aromatic nitrogens is 4. The predicted octanol–water partition coefficient (Wildman–Crippen LogP) is 0.286. The van der Waals surface area contributed by atoms with Gasteiger partial charge in [-0.3, -0.25) is 19.4 Å². The van der Waals surface area contributed by atoms with E-state index >= 15 is 0 Å². The Balaban J connectivity index is 2.15. The van der Waals surface area contributed by atoms with Crippen LogP contribution in [0.1, 0.15) is 33.5 Å². The fourth-order valence-electron chi connectivity index (χ4n) is 1.60. The van der Waals surface area contributed by atoms with Gasteiger partial charge in [0, 0.05) is 18.8 Å². The standard InChI is InChI=1S/C11H14N6O2/c1-3-17-5-7(6(2)16-17)11(19)13-9-4-8(10(12)18)14-15-9/h4-5H,3H2,1-2H3,(H2,12,18)(H2,13,14,15,19). The topological polar surface area (TPSA) is 119 Å². The summed E-state index contributed by atoms with van der Waals surface area (Å²) < 4.78 is 1.67. The number of carbonyl (C=O) groups excluding carboxylic acids is 2. The van der Waals surface area contributed by atoms with Gasteiger partial charge in [0.25, 0.3) is 11.8 Å². The molecule has 0 aliphatic rings. The van der Waals surface area contributed by atoms with Crippen LogP contribution in [0, 0.1) is 6.92 Å². The molecule has 4 N–H and O–H groups in total. The second-order valence-electron chi connectivity index (χ2n) is 3.97. The van der Waals surface area contributed by atoms with Crippen molar-refractivity contribution in [2.45, 2.75) is 20.4 Å². The summed E-state index contributed by atoms with van der Waals surface area (Å²) in [7, 11) is 0. The number of hydrogen-bond donors (Lipinski definition) is 3. The first-order valence-electron chi connectivity index (χ1n) is 5.72. The zero-order chi connectivity index (χ0) is 14.0. The van der Waals surface area contributed by atoms with Crippen LogP contribution in [0.25, 0.3) is 0 Å². The van der Waals surface area contributed by atoms with E-state index in [0.717, 1.165) is 0 Å². The largest absolute Gasteiger partial charge is 0.364 e. The van der Waals surface area contributed by atoms with E-state index in [-0.39, 0.29) is 17.4 Å². The molecule has 0 fully saturated rings. The van der Waals surface area contributed by atoms with E-state index < -0.39 is 5.91 Å². The van der Waals surface area contributed by atoms with E-state index in [9.17, 15) is 9.59 Å². The quantitative estimate of drug-likeness (QED) is 0.733. The summed E-state index contributed by atoms with van der Waals surface area (Å²) >= 11 is 0. The Hall–Kier alpha value is -2.64. The highest BCUT2D eigenvalue weighted by Gasteiger charge is 2.15. The molecule has 0 bridgehead atoms. The summed E-state index contributed by atoms with van der Waals surface area (Å²) in [5.41, 5.74) is 6.31. The summed E-state index contributed by atoms with van der Waals surface area (Å²) in [6.45, 7) is 4.36. The van der Waals surface area contributed by atoms with Gasteiger partial charge >= 0.3 is 0 Å². The van der Waals surface area contributed by atoms with Gasteiger partial charge in [-0.1, -0.05) is 0 Å². The second kappa shape index (κ2) is 4.92. The molecule has 0 saturated carbocycles. The number of primary amides is 1. The highest BCUT2D eigenvalue weighted by atomic mass is 16.2. The van der Waals surface area contributed by atoms with Crippen molar-refractivity contribution in [3.05, 3.63) is 29.2 Å². The third-order valence-electron chi connectivity index (χ3n) is 2.60. The fraction of sp³-hybridized carbons (Fsp3) is 0.273. The number of amides is 2. The zero-order valence-electron chi connectivity index (χ0n) is 10.6. The molecule has 2 heterocycles. The van der Waals surface area contributed by atoms with Crippen molar-refractivity contribution < 1.29 is 9.59 Å². The second-order valence-corrected chi connectivity index (χ2v) is 3.97. The van der Waals surface area contributed by atoms with Crippen LogP contribution < -0.4 is 11.1 Å². The molecule has 8 heteroatoms. The molecule has 8 nitrogen and oxygen atoms in total. The van der Waals surface area contributed by atoms with Crippen molar-refractivity contribution in [3.63, 3.8) is 0 Å². The SMILES string of the molecule is CCn1cc(C(=O)Nc2cc(C(N)=O)[nH]n2)c(C)n1. The van der Waals surface area contributed by atoms with Crippen molar-refractivity contribution in [2.24, 2.45) is 5.73 Å². The maximum Gasteiger partial charge on any atom is 0.266 e. The molecule has 2 aromatic rings. The molecule has 0 aliphatic carbocycles. The van der Waals surface area contributed by atoms with Gasteiger partial charge in [0.05, 0.1) is 11.3 Å². The maximum atomic E-state index is 12.0. The summed E-state index contributed by atoms with van der Waals surface area (Å²) in [5, 5.41) is 13.0. The monoisotopic (exact) mass is 262 g/mol. The van der Waals surface area contributed by atoms with Gasteiger partial charge in [-0.25, -0.2) is 0 Å². The fourth-order valence-corrected chi connectivity index (χ4v) is 1.60. The molecule has 0 saturated heterocycles. The molecule has 19 heavy (non-hydrogen) atoms. The third kappa shape index (κ3) is 2.62. The number of rotatable bonds is 4. The third-order valence-corrected chi connectivity index (χ3v) is 2.60. The molecule has 100 valence electrons. The van der Waals surface area contributed by atoms with Crippen molar-refractivity contribution in [3.8, 4) is 0 Å². The van der Waals surface area contributed by atoms with E-state index in [2.05, 4.69) is 20.6 Å². The van der Waals surface area contributed by atoms with Crippen LogP contribution in [0.5, 0.6) is 0 Å². The Labute approximate surface area is 109 Å². The lowest BCUT2D eigenvalue weighted by atomic mass is 10.2. The van der Waals surface area contributed by atoms with Crippen molar-refractivity contribution in [2.75, 3.05) is 5.32 Å². The Morgan fingerprint density at radius 1 is 1.53 bits per heavy atom. The van der Waals surface area contributed by atoms with Gasteiger partial charge in [-0.05, 0) is 13.8 Å². The lowest BCUT2D eigenvalue weighted by molar-refractivity contribution is 0.0992. The predicted molar refractivity (Wildman–Crippen MR) is 67.7 cm³/mol. The van der Waals surface area contributed by atoms with E-state index in [1.165, 1.54) is 6.07 Å². The van der Waals surface area contributed by atoms with Gasteiger partial charge in [-0.15, -0.1) is 0 Å².